The van der Waals surface area contributed by atoms with Crippen LogP contribution in [-0.2, 0) is 0 Å². The maximum Gasteiger partial charge on any atom is 0.138 e. The Hall–Kier alpha value is -2.03. The molecular weight excluding hydrogens is 234 g/mol. The quantitative estimate of drug-likeness (QED) is 0.883. The molecule has 2 aromatic heterocycles. The van der Waals surface area contributed by atoms with Crippen molar-refractivity contribution < 1.29 is 0 Å². The molecule has 0 saturated carbocycles. The molecule has 0 amide bonds. The number of nitrogens with zero attached hydrogens (tertiary/aromatic N) is 2. The summed E-state index contributed by atoms with van der Waals surface area (Å²) in [4.78, 5) is 4.78. The third-order valence-corrected chi connectivity index (χ3v) is 3.11. The van der Waals surface area contributed by atoms with Crippen molar-refractivity contribution in [2.45, 2.75) is 32.2 Å². The van der Waals surface area contributed by atoms with Gasteiger partial charge >= 0.3 is 0 Å². The maximum absolute atomic E-state index is 4.78. The fraction of sp³-hybridized carbons (Fsp3) is 0.312. The van der Waals surface area contributed by atoms with Crippen molar-refractivity contribution in [3.8, 4) is 0 Å². The lowest BCUT2D eigenvalue weighted by Gasteiger charge is -2.23. The first-order valence-electron chi connectivity index (χ1n) is 6.65. The highest BCUT2D eigenvalue weighted by Crippen LogP contribution is 2.31. The molecule has 0 atom stereocenters. The predicted octanol–water partition coefficient (Wildman–Crippen LogP) is 3.75. The minimum atomic E-state index is 0.00654. The number of allylic oxidation sites excluding steroid dienone is 4. The average Bonchev–Trinajstić information content (AvgIpc) is 2.95. The van der Waals surface area contributed by atoms with Crippen molar-refractivity contribution >= 4 is 11.5 Å². The van der Waals surface area contributed by atoms with E-state index in [4.69, 9.17) is 4.98 Å². The molecule has 0 fully saturated rings. The number of hydrogen-bond acceptors (Lipinski definition) is 2. The van der Waals surface area contributed by atoms with E-state index in [1.807, 2.05) is 18.2 Å². The van der Waals surface area contributed by atoms with E-state index in [-0.39, 0.29) is 11.5 Å². The molecule has 98 valence electrons. The Morgan fingerprint density at radius 2 is 1.89 bits per heavy atom. The van der Waals surface area contributed by atoms with Crippen LogP contribution in [-0.4, -0.2) is 14.9 Å². The second-order valence-corrected chi connectivity index (χ2v) is 5.95. The van der Waals surface area contributed by atoms with Gasteiger partial charge in [0.15, 0.2) is 0 Å². The van der Waals surface area contributed by atoms with Gasteiger partial charge in [0.25, 0.3) is 0 Å². The van der Waals surface area contributed by atoms with Crippen LogP contribution in [0.4, 0.5) is 5.82 Å². The van der Waals surface area contributed by atoms with Gasteiger partial charge in [-0.15, -0.1) is 0 Å². The van der Waals surface area contributed by atoms with Crippen LogP contribution in [0.15, 0.2) is 48.7 Å². The Labute approximate surface area is 113 Å². The van der Waals surface area contributed by atoms with E-state index in [2.05, 4.69) is 61.0 Å². The molecule has 0 spiro atoms. The molecule has 1 N–H and O–H groups in total. The van der Waals surface area contributed by atoms with Crippen molar-refractivity contribution in [1.29, 1.82) is 0 Å². The van der Waals surface area contributed by atoms with Crippen molar-refractivity contribution in [1.82, 2.24) is 9.38 Å². The second-order valence-electron chi connectivity index (χ2n) is 5.95. The molecular formula is C16H19N3. The van der Waals surface area contributed by atoms with E-state index in [9.17, 15) is 0 Å². The smallest absolute Gasteiger partial charge is 0.138 e. The van der Waals surface area contributed by atoms with Crippen LogP contribution in [0.2, 0.25) is 0 Å². The molecule has 2 heterocycles. The molecule has 3 rings (SSSR count). The van der Waals surface area contributed by atoms with Crippen molar-refractivity contribution in [3.63, 3.8) is 0 Å². The Bertz CT molecular complexity index is 644. The van der Waals surface area contributed by atoms with Crippen LogP contribution >= 0.6 is 0 Å². The molecule has 3 nitrogen and oxygen atoms in total. The maximum atomic E-state index is 4.78. The highest BCUT2D eigenvalue weighted by Gasteiger charge is 2.22. The van der Waals surface area contributed by atoms with Gasteiger partial charge in [0.05, 0.1) is 5.69 Å². The number of pyridine rings is 1. The standard InChI is InChI=1S/C16H19N3/c1-16(2,3)18-15-14(12-8-4-5-9-12)17-13-10-6-7-11-19(13)15/h4-12,18H,1-3H3. The molecule has 2 aromatic rings. The summed E-state index contributed by atoms with van der Waals surface area (Å²) < 4.78 is 2.13. The Balaban J connectivity index is 2.16. The zero-order valence-electron chi connectivity index (χ0n) is 11.6. The van der Waals surface area contributed by atoms with Gasteiger partial charge in [-0.05, 0) is 32.9 Å². The Morgan fingerprint density at radius 3 is 2.58 bits per heavy atom. The van der Waals surface area contributed by atoms with Gasteiger partial charge in [-0.2, -0.15) is 0 Å². The fourth-order valence-corrected chi connectivity index (χ4v) is 2.34. The SMILES string of the molecule is CC(C)(C)Nc1c(C2C=CC=C2)nc2ccccn12. The lowest BCUT2D eigenvalue weighted by molar-refractivity contribution is 0.627. The number of imidazole rings is 1. The van der Waals surface area contributed by atoms with E-state index in [0.717, 1.165) is 17.2 Å². The molecule has 1 aliphatic carbocycles. The van der Waals surface area contributed by atoms with E-state index in [0.29, 0.717) is 0 Å². The first-order chi connectivity index (χ1) is 9.04. The summed E-state index contributed by atoms with van der Waals surface area (Å²) in [5.41, 5.74) is 2.08. The van der Waals surface area contributed by atoms with Crippen molar-refractivity contribution in [2.75, 3.05) is 5.32 Å². The van der Waals surface area contributed by atoms with Crippen molar-refractivity contribution in [2.24, 2.45) is 0 Å². The number of anilines is 1. The number of aromatic nitrogens is 2. The first kappa shape index (κ1) is 12.0. The summed E-state index contributed by atoms with van der Waals surface area (Å²) >= 11 is 0. The average molecular weight is 253 g/mol. The largest absolute Gasteiger partial charge is 0.365 e. The summed E-state index contributed by atoms with van der Waals surface area (Å²) in [5.74, 6) is 1.36. The monoisotopic (exact) mass is 253 g/mol. The van der Waals surface area contributed by atoms with Crippen LogP contribution in [0.3, 0.4) is 0 Å². The van der Waals surface area contributed by atoms with Gasteiger partial charge < -0.3 is 5.32 Å². The zero-order valence-corrected chi connectivity index (χ0v) is 11.6. The van der Waals surface area contributed by atoms with E-state index >= 15 is 0 Å². The van der Waals surface area contributed by atoms with Gasteiger partial charge in [-0.1, -0.05) is 30.4 Å². The normalized spacial score (nSPS) is 15.5. The summed E-state index contributed by atoms with van der Waals surface area (Å²) in [6.45, 7) is 6.50. The third kappa shape index (κ3) is 2.28. The molecule has 0 aromatic carbocycles. The highest BCUT2D eigenvalue weighted by molar-refractivity contribution is 5.59. The van der Waals surface area contributed by atoms with Crippen LogP contribution < -0.4 is 5.32 Å². The van der Waals surface area contributed by atoms with Gasteiger partial charge in [0.1, 0.15) is 11.5 Å². The number of nitrogens with one attached hydrogen (secondary N) is 1. The van der Waals surface area contributed by atoms with Gasteiger partial charge in [0.2, 0.25) is 0 Å². The van der Waals surface area contributed by atoms with Crippen LogP contribution in [0.25, 0.3) is 5.65 Å². The summed E-state index contributed by atoms with van der Waals surface area (Å²) in [6.07, 6.45) is 10.6. The van der Waals surface area contributed by atoms with Crippen molar-refractivity contribution in [3.05, 3.63) is 54.4 Å². The third-order valence-electron chi connectivity index (χ3n) is 3.11. The molecule has 0 radical (unpaired) electrons. The lowest BCUT2D eigenvalue weighted by Crippen LogP contribution is -2.27. The van der Waals surface area contributed by atoms with E-state index in [1.165, 1.54) is 0 Å². The molecule has 0 saturated heterocycles. The van der Waals surface area contributed by atoms with Gasteiger partial charge in [-0.25, -0.2) is 4.98 Å². The van der Waals surface area contributed by atoms with E-state index in [1.54, 1.807) is 0 Å². The molecule has 1 aliphatic rings. The minimum Gasteiger partial charge on any atom is -0.365 e. The molecule has 19 heavy (non-hydrogen) atoms. The van der Waals surface area contributed by atoms with Crippen LogP contribution in [0.5, 0.6) is 0 Å². The Kier molecular flexibility index (Phi) is 2.70. The van der Waals surface area contributed by atoms with Crippen LogP contribution in [0.1, 0.15) is 32.4 Å². The zero-order chi connectivity index (χ0) is 13.5. The first-order valence-corrected chi connectivity index (χ1v) is 6.65. The van der Waals surface area contributed by atoms with E-state index < -0.39 is 0 Å². The molecule has 3 heteroatoms. The fourth-order valence-electron chi connectivity index (χ4n) is 2.34. The summed E-state index contributed by atoms with van der Waals surface area (Å²) in [5, 5.41) is 3.58. The molecule has 0 bridgehead atoms. The Morgan fingerprint density at radius 1 is 1.16 bits per heavy atom. The second kappa shape index (κ2) is 4.26. The number of hydrogen-bond donors (Lipinski definition) is 1. The predicted molar refractivity (Wildman–Crippen MR) is 79.6 cm³/mol. The topological polar surface area (TPSA) is 29.3 Å². The van der Waals surface area contributed by atoms with Gasteiger partial charge in [-0.3, -0.25) is 4.40 Å². The number of fused-ring (bicyclic) bond motifs is 1. The minimum absolute atomic E-state index is 0.00654. The van der Waals surface area contributed by atoms with Crippen LogP contribution in [0, 0.1) is 0 Å². The summed E-state index contributed by atoms with van der Waals surface area (Å²) in [6, 6.07) is 6.10. The molecule has 0 unspecified atom stereocenters. The number of rotatable bonds is 2. The van der Waals surface area contributed by atoms with Gasteiger partial charge in [0, 0.05) is 17.7 Å². The highest BCUT2D eigenvalue weighted by atomic mass is 15.2. The molecule has 0 aliphatic heterocycles. The summed E-state index contributed by atoms with van der Waals surface area (Å²) in [7, 11) is 0. The lowest BCUT2D eigenvalue weighted by atomic mass is 10.1.